The lowest BCUT2D eigenvalue weighted by atomic mass is 10.1. The standard InChI is InChI=1S/C39H46BrFN18O2/c1-21-12-26-27(13-22(21)2)45-30(44-26)19-58(39-51-38(56-10-8-53(4)9-11-56)49-33-24(40)14-43-59(33)39)15-23(3)35(60)47-28-18-57(16-25(28)41)37-48-32(31-34(50-37)54(5)20-42-31)46-29-17-55(6)52-36(29)61-7/h12-14,17,20,25,28H,3,8-11,15-16,18-19H2,1-2,4-7H3,(H,44,45)(H,47,60)(H,46,48,50)/t25-,28-/m1/s1. The van der Waals surface area contributed by atoms with Crippen molar-refractivity contribution in [2.45, 2.75) is 32.6 Å². The fraction of sp³-hybridized carbons (Fsp3) is 0.410. The number of H-pyrrole nitrogens is 1. The topological polar surface area (TPSA) is 196 Å². The molecule has 61 heavy (non-hydrogen) atoms. The minimum Gasteiger partial charge on any atom is -0.478 e. The van der Waals surface area contributed by atoms with Crippen LogP contribution in [0.4, 0.5) is 33.7 Å². The third-order valence-corrected chi connectivity index (χ3v) is 11.8. The molecule has 1 amide bonds. The van der Waals surface area contributed by atoms with Crippen LogP contribution in [0, 0.1) is 13.8 Å². The maximum atomic E-state index is 16.0. The summed E-state index contributed by atoms with van der Waals surface area (Å²) in [4.78, 5) is 54.4. The van der Waals surface area contributed by atoms with E-state index in [4.69, 9.17) is 29.7 Å². The van der Waals surface area contributed by atoms with E-state index in [0.717, 1.165) is 48.3 Å². The van der Waals surface area contributed by atoms with Gasteiger partial charge in [0, 0.05) is 52.4 Å². The largest absolute Gasteiger partial charge is 0.478 e. The number of aromatic nitrogens is 12. The van der Waals surface area contributed by atoms with Gasteiger partial charge in [0.2, 0.25) is 23.8 Å². The lowest BCUT2D eigenvalue weighted by Gasteiger charge is -2.33. The molecule has 6 aromatic heterocycles. The number of rotatable bonds is 12. The van der Waals surface area contributed by atoms with Crippen LogP contribution < -0.4 is 30.1 Å². The van der Waals surface area contributed by atoms with E-state index in [1.165, 1.54) is 7.11 Å². The molecule has 20 nitrogen and oxygen atoms in total. The number of aromatic amines is 1. The zero-order valence-electron chi connectivity index (χ0n) is 34.7. The van der Waals surface area contributed by atoms with E-state index >= 15 is 4.39 Å². The normalized spacial score (nSPS) is 17.2. The number of imidazole rings is 2. The molecule has 318 valence electrons. The molecule has 2 aliphatic heterocycles. The number of alkyl halides is 1. The minimum atomic E-state index is -1.43. The molecule has 0 spiro atoms. The minimum absolute atomic E-state index is 0.0210. The van der Waals surface area contributed by atoms with Crippen molar-refractivity contribution in [2.24, 2.45) is 14.1 Å². The smallest absolute Gasteiger partial charge is 0.256 e. The van der Waals surface area contributed by atoms with E-state index in [1.54, 1.807) is 44.4 Å². The molecule has 22 heteroatoms. The third-order valence-electron chi connectivity index (χ3n) is 11.2. The van der Waals surface area contributed by atoms with Crippen LogP contribution >= 0.6 is 15.9 Å². The fourth-order valence-corrected chi connectivity index (χ4v) is 7.99. The van der Waals surface area contributed by atoms with Crippen LogP contribution in [0.1, 0.15) is 17.0 Å². The first-order valence-corrected chi connectivity index (χ1v) is 20.6. The summed E-state index contributed by atoms with van der Waals surface area (Å²) in [5.41, 5.74) is 6.40. The first-order chi connectivity index (χ1) is 29.3. The fourth-order valence-electron chi connectivity index (χ4n) is 7.65. The van der Waals surface area contributed by atoms with Crippen LogP contribution in [0.15, 0.2) is 47.5 Å². The van der Waals surface area contributed by atoms with Gasteiger partial charge in [-0.15, -0.1) is 5.10 Å². The third kappa shape index (κ3) is 7.75. The lowest BCUT2D eigenvalue weighted by Crippen LogP contribution is -2.45. The summed E-state index contributed by atoms with van der Waals surface area (Å²) in [6, 6.07) is 3.25. The van der Waals surface area contributed by atoms with E-state index < -0.39 is 18.1 Å². The molecule has 0 unspecified atom stereocenters. The number of benzene rings is 1. The number of ether oxygens (including phenoxy) is 1. The first kappa shape index (κ1) is 40.0. The molecule has 2 fully saturated rings. The molecular weight excluding hydrogens is 851 g/mol. The predicted octanol–water partition coefficient (Wildman–Crippen LogP) is 3.20. The van der Waals surface area contributed by atoms with Gasteiger partial charge in [0.25, 0.3) is 5.88 Å². The van der Waals surface area contributed by atoms with Gasteiger partial charge in [0.15, 0.2) is 22.6 Å². The number of aryl methyl sites for hydroxylation is 4. The summed E-state index contributed by atoms with van der Waals surface area (Å²) in [5, 5.41) is 15.1. The number of carbonyl (C=O) groups excluding carboxylic acids is 1. The number of amides is 1. The molecular formula is C39H46BrFN18O2. The van der Waals surface area contributed by atoms with Crippen LogP contribution in [-0.2, 0) is 25.4 Å². The van der Waals surface area contributed by atoms with Crippen molar-refractivity contribution in [1.82, 2.24) is 69.1 Å². The number of fused-ring (bicyclic) bond motifs is 3. The van der Waals surface area contributed by atoms with Crippen molar-refractivity contribution < 1.29 is 13.9 Å². The Morgan fingerprint density at radius 2 is 1.77 bits per heavy atom. The van der Waals surface area contributed by atoms with Gasteiger partial charge >= 0.3 is 0 Å². The molecule has 7 aromatic rings. The number of nitrogens with one attached hydrogen (secondary N) is 3. The quantitative estimate of drug-likeness (QED) is 0.151. The predicted molar refractivity (Wildman–Crippen MR) is 232 cm³/mol. The van der Waals surface area contributed by atoms with Crippen molar-refractivity contribution in [1.29, 1.82) is 0 Å². The van der Waals surface area contributed by atoms with Crippen LogP contribution in [0.25, 0.3) is 27.8 Å². The number of nitrogens with zero attached hydrogens (tertiary/aromatic N) is 15. The SMILES string of the molecule is C=C(CN(Cc1nc2cc(C)c(C)cc2[nH]1)c1nc(N2CCN(C)CC2)nc2c(Br)cnn12)C(=O)N[C@@H]1CN(c2nc(Nc3cn(C)nc3OC)c3ncn(C)c3n2)C[C@H]1F. The van der Waals surface area contributed by atoms with Crippen molar-refractivity contribution >= 4 is 79.0 Å². The molecule has 0 aliphatic carbocycles. The van der Waals surface area contributed by atoms with E-state index in [-0.39, 0.29) is 37.7 Å². The highest BCUT2D eigenvalue weighted by Crippen LogP contribution is 2.31. The van der Waals surface area contributed by atoms with E-state index in [0.29, 0.717) is 56.4 Å². The number of anilines is 5. The van der Waals surface area contributed by atoms with Crippen LogP contribution in [0.3, 0.4) is 0 Å². The highest BCUT2D eigenvalue weighted by Gasteiger charge is 2.37. The first-order valence-electron chi connectivity index (χ1n) is 19.8. The average molecular weight is 898 g/mol. The van der Waals surface area contributed by atoms with Crippen molar-refractivity contribution in [3.8, 4) is 5.88 Å². The Kier molecular flexibility index (Phi) is 10.4. The van der Waals surface area contributed by atoms with Crippen molar-refractivity contribution in [3.63, 3.8) is 0 Å². The van der Waals surface area contributed by atoms with Gasteiger partial charge < -0.3 is 44.5 Å². The molecule has 9 rings (SSSR count). The summed E-state index contributed by atoms with van der Waals surface area (Å²) >= 11 is 3.63. The molecule has 0 radical (unpaired) electrons. The maximum absolute atomic E-state index is 16.0. The zero-order chi connectivity index (χ0) is 42.7. The van der Waals surface area contributed by atoms with Crippen LogP contribution in [-0.4, -0.2) is 142 Å². The monoisotopic (exact) mass is 896 g/mol. The van der Waals surface area contributed by atoms with Crippen LogP contribution in [0.5, 0.6) is 5.88 Å². The van der Waals surface area contributed by atoms with Gasteiger partial charge in [0.1, 0.15) is 17.7 Å². The molecule has 2 saturated heterocycles. The number of likely N-dealkylation sites (N-methyl/N-ethyl adjacent to an activating group) is 1. The molecule has 8 heterocycles. The second kappa shape index (κ2) is 15.9. The summed E-state index contributed by atoms with van der Waals surface area (Å²) in [6.45, 7) is 11.8. The molecule has 0 bridgehead atoms. The van der Waals surface area contributed by atoms with Gasteiger partial charge in [-0.3, -0.25) is 9.48 Å². The van der Waals surface area contributed by atoms with E-state index in [1.807, 2.05) is 18.0 Å². The van der Waals surface area contributed by atoms with Crippen molar-refractivity contribution in [2.75, 3.05) is 80.0 Å². The van der Waals surface area contributed by atoms with Crippen LogP contribution in [0.2, 0.25) is 0 Å². The van der Waals surface area contributed by atoms with E-state index in [2.05, 4.69) is 90.1 Å². The zero-order valence-corrected chi connectivity index (χ0v) is 36.3. The number of piperazine rings is 1. The summed E-state index contributed by atoms with van der Waals surface area (Å²) in [6.07, 6.45) is 3.64. The highest BCUT2D eigenvalue weighted by molar-refractivity contribution is 9.10. The van der Waals surface area contributed by atoms with Crippen molar-refractivity contribution in [3.05, 3.63) is 64.4 Å². The Hall–Kier alpha value is -6.42. The Morgan fingerprint density at radius 1 is 1.02 bits per heavy atom. The average Bonchev–Trinajstić information content (AvgIpc) is 4.07. The van der Waals surface area contributed by atoms with Gasteiger partial charge in [-0.25, -0.2) is 14.4 Å². The summed E-state index contributed by atoms with van der Waals surface area (Å²) in [7, 11) is 7.22. The molecule has 1 aromatic carbocycles. The summed E-state index contributed by atoms with van der Waals surface area (Å²) in [5.74, 6) is 2.19. The Balaban J connectivity index is 0.980. The molecule has 3 N–H and O–H groups in total. The van der Waals surface area contributed by atoms with Gasteiger partial charge in [0.05, 0.1) is 67.0 Å². The Bertz CT molecular complexity index is 2770. The Labute approximate surface area is 358 Å². The maximum Gasteiger partial charge on any atom is 0.256 e. The van der Waals surface area contributed by atoms with Gasteiger partial charge in [-0.2, -0.15) is 29.5 Å². The molecule has 2 aliphatic rings. The Morgan fingerprint density at radius 3 is 2.56 bits per heavy atom. The number of carbonyl (C=O) groups is 1. The number of hydrogen-bond acceptors (Lipinski definition) is 15. The van der Waals surface area contributed by atoms with E-state index in [9.17, 15) is 4.79 Å². The summed E-state index contributed by atoms with van der Waals surface area (Å²) < 4.78 is 27.1. The molecule has 0 saturated carbocycles. The molecule has 2 atom stereocenters. The number of halogens is 2. The van der Waals surface area contributed by atoms with Gasteiger partial charge in [-0.1, -0.05) is 6.58 Å². The second-order valence-electron chi connectivity index (χ2n) is 15.7. The second-order valence-corrected chi connectivity index (χ2v) is 16.5. The number of hydrogen-bond donors (Lipinski definition) is 3. The van der Waals surface area contributed by atoms with Gasteiger partial charge in [-0.05, 0) is 60.1 Å². The highest BCUT2D eigenvalue weighted by atomic mass is 79.9. The number of methoxy groups -OCH3 is 1. The lowest BCUT2D eigenvalue weighted by molar-refractivity contribution is -0.118.